The topological polar surface area (TPSA) is 70.7 Å². The summed E-state index contributed by atoms with van der Waals surface area (Å²) in [4.78, 5) is 26.9. The van der Waals surface area contributed by atoms with Crippen LogP contribution in [0.4, 0.5) is 5.69 Å². The van der Waals surface area contributed by atoms with Crippen molar-refractivity contribution in [2.45, 2.75) is 45.6 Å². The van der Waals surface area contributed by atoms with E-state index >= 15 is 0 Å². The van der Waals surface area contributed by atoms with Crippen LogP contribution in [-0.2, 0) is 14.3 Å². The van der Waals surface area contributed by atoms with Crippen molar-refractivity contribution in [1.82, 2.24) is 10.2 Å². The van der Waals surface area contributed by atoms with Crippen LogP contribution in [-0.4, -0.2) is 35.5 Å². The van der Waals surface area contributed by atoms with Gasteiger partial charge in [-0.25, -0.2) is 4.79 Å². The summed E-state index contributed by atoms with van der Waals surface area (Å²) >= 11 is 5.42. The van der Waals surface area contributed by atoms with E-state index in [4.69, 9.17) is 17.0 Å². The Hall–Kier alpha value is -2.41. The number of hydrogen-bond acceptors (Lipinski definition) is 4. The molecule has 2 aliphatic rings. The third kappa shape index (κ3) is 4.19. The lowest BCUT2D eigenvalue weighted by Gasteiger charge is -2.35. The molecular weight excluding hydrogens is 374 g/mol. The number of esters is 1. The van der Waals surface area contributed by atoms with Crippen LogP contribution in [0.2, 0.25) is 0 Å². The van der Waals surface area contributed by atoms with Gasteiger partial charge in [-0.15, -0.1) is 0 Å². The average molecular weight is 402 g/mol. The summed E-state index contributed by atoms with van der Waals surface area (Å²) in [6.45, 7) is 3.94. The lowest BCUT2D eigenvalue weighted by Crippen LogP contribution is -2.46. The van der Waals surface area contributed by atoms with E-state index < -0.39 is 6.04 Å². The van der Waals surface area contributed by atoms with E-state index in [0.717, 1.165) is 42.6 Å². The first kappa shape index (κ1) is 20.3. The Morgan fingerprint density at radius 3 is 2.71 bits per heavy atom. The van der Waals surface area contributed by atoms with E-state index in [1.807, 2.05) is 38.2 Å². The predicted octanol–water partition coefficient (Wildman–Crippen LogP) is 3.51. The Kier molecular flexibility index (Phi) is 6.34. The molecule has 1 aromatic rings. The summed E-state index contributed by atoms with van der Waals surface area (Å²) in [6.07, 6.45) is 4.13. The smallest absolute Gasteiger partial charge is 0.338 e. The van der Waals surface area contributed by atoms with Gasteiger partial charge in [0.2, 0.25) is 5.91 Å². The molecule has 1 aliphatic carbocycles. The van der Waals surface area contributed by atoms with Crippen LogP contribution in [0.25, 0.3) is 0 Å². The van der Waals surface area contributed by atoms with Gasteiger partial charge in [-0.2, -0.15) is 0 Å². The highest BCUT2D eigenvalue weighted by Gasteiger charge is 2.33. The van der Waals surface area contributed by atoms with Gasteiger partial charge in [0, 0.05) is 24.4 Å². The van der Waals surface area contributed by atoms with Crippen molar-refractivity contribution in [3.05, 3.63) is 41.1 Å². The summed E-state index contributed by atoms with van der Waals surface area (Å²) < 4.78 is 5.27. The fourth-order valence-corrected chi connectivity index (χ4v) is 4.04. The van der Waals surface area contributed by atoms with Crippen molar-refractivity contribution in [3.63, 3.8) is 0 Å². The standard InChI is InChI=1S/C21H27N3O3S/c1-4-27-20(26)17-13(2)24(3)21(28)23-18(17)15-10-7-11-16(12-15)22-19(25)14-8-5-6-9-14/h7,10-12,14,18H,4-6,8-9H2,1-3H3,(H,22,25)(H,23,28)/t18-/m1/s1. The van der Waals surface area contributed by atoms with Crippen molar-refractivity contribution in [2.24, 2.45) is 5.92 Å². The molecule has 0 spiro atoms. The molecule has 0 aromatic heterocycles. The molecule has 2 N–H and O–H groups in total. The van der Waals surface area contributed by atoms with Gasteiger partial charge in [0.15, 0.2) is 5.11 Å². The molecule has 1 aliphatic heterocycles. The average Bonchev–Trinajstić information content (AvgIpc) is 3.21. The number of carbonyl (C=O) groups is 2. The van der Waals surface area contributed by atoms with Gasteiger partial charge in [-0.3, -0.25) is 4.79 Å². The monoisotopic (exact) mass is 401 g/mol. The summed E-state index contributed by atoms with van der Waals surface area (Å²) in [7, 11) is 1.82. The number of ether oxygens (including phenoxy) is 1. The maximum atomic E-state index is 12.6. The van der Waals surface area contributed by atoms with E-state index in [1.165, 1.54) is 0 Å². The number of anilines is 1. The zero-order valence-corrected chi connectivity index (χ0v) is 17.4. The van der Waals surface area contributed by atoms with Crippen LogP contribution in [0.5, 0.6) is 0 Å². The third-order valence-corrected chi connectivity index (χ3v) is 5.85. The fraction of sp³-hybridized carbons (Fsp3) is 0.476. The fourth-order valence-electron chi connectivity index (χ4n) is 3.79. The predicted molar refractivity (Wildman–Crippen MR) is 113 cm³/mol. The van der Waals surface area contributed by atoms with E-state index in [-0.39, 0.29) is 17.8 Å². The number of allylic oxidation sites excluding steroid dienone is 1. The molecular formula is C21H27N3O3S. The molecule has 1 aromatic carbocycles. The lowest BCUT2D eigenvalue weighted by atomic mass is 9.94. The molecule has 1 heterocycles. The molecule has 6 nitrogen and oxygen atoms in total. The minimum absolute atomic E-state index is 0.0684. The maximum absolute atomic E-state index is 12.6. The first-order chi connectivity index (χ1) is 13.4. The Bertz CT molecular complexity index is 815. The van der Waals surface area contributed by atoms with Gasteiger partial charge in [0.1, 0.15) is 0 Å². The molecule has 0 bridgehead atoms. The highest BCUT2D eigenvalue weighted by Crippen LogP contribution is 2.32. The number of nitrogens with one attached hydrogen (secondary N) is 2. The number of rotatable bonds is 5. The molecule has 1 amide bonds. The van der Waals surface area contributed by atoms with Gasteiger partial charge in [-0.1, -0.05) is 25.0 Å². The molecule has 1 fully saturated rings. The molecule has 1 saturated carbocycles. The van der Waals surface area contributed by atoms with Crippen LogP contribution in [0, 0.1) is 5.92 Å². The van der Waals surface area contributed by atoms with E-state index in [2.05, 4.69) is 10.6 Å². The highest BCUT2D eigenvalue weighted by atomic mass is 32.1. The summed E-state index contributed by atoms with van der Waals surface area (Å²) in [5.41, 5.74) is 2.86. The Labute approximate surface area is 171 Å². The quantitative estimate of drug-likeness (QED) is 0.581. The lowest BCUT2D eigenvalue weighted by molar-refractivity contribution is -0.139. The second-order valence-electron chi connectivity index (χ2n) is 7.26. The molecule has 0 unspecified atom stereocenters. The molecule has 150 valence electrons. The molecule has 0 radical (unpaired) electrons. The van der Waals surface area contributed by atoms with E-state index in [0.29, 0.717) is 17.3 Å². The number of benzene rings is 1. The molecule has 3 rings (SSSR count). The normalized spacial score (nSPS) is 20.2. The number of nitrogens with zero attached hydrogens (tertiary/aromatic N) is 1. The number of carbonyl (C=O) groups excluding carboxylic acids is 2. The molecule has 7 heteroatoms. The first-order valence-corrected chi connectivity index (χ1v) is 10.2. The molecule has 0 saturated heterocycles. The van der Waals surface area contributed by atoms with Crippen molar-refractivity contribution in [2.75, 3.05) is 19.0 Å². The minimum Gasteiger partial charge on any atom is -0.463 e. The summed E-state index contributed by atoms with van der Waals surface area (Å²) in [5, 5.41) is 6.78. The van der Waals surface area contributed by atoms with E-state index in [1.54, 1.807) is 11.8 Å². The van der Waals surface area contributed by atoms with Crippen molar-refractivity contribution < 1.29 is 14.3 Å². The van der Waals surface area contributed by atoms with Gasteiger partial charge in [0.05, 0.1) is 18.2 Å². The van der Waals surface area contributed by atoms with Gasteiger partial charge < -0.3 is 20.3 Å². The van der Waals surface area contributed by atoms with Gasteiger partial charge in [0.25, 0.3) is 0 Å². The third-order valence-electron chi connectivity index (χ3n) is 5.46. The Balaban J connectivity index is 1.89. The van der Waals surface area contributed by atoms with Crippen LogP contribution >= 0.6 is 12.2 Å². The van der Waals surface area contributed by atoms with Crippen LogP contribution in [0.1, 0.15) is 51.1 Å². The maximum Gasteiger partial charge on any atom is 0.338 e. The van der Waals surface area contributed by atoms with Gasteiger partial charge in [-0.05, 0) is 56.6 Å². The van der Waals surface area contributed by atoms with Crippen molar-refractivity contribution in [3.8, 4) is 0 Å². The van der Waals surface area contributed by atoms with Crippen molar-refractivity contribution >= 4 is 34.9 Å². The zero-order chi connectivity index (χ0) is 20.3. The zero-order valence-electron chi connectivity index (χ0n) is 16.6. The minimum atomic E-state index is -0.425. The second-order valence-corrected chi connectivity index (χ2v) is 7.64. The van der Waals surface area contributed by atoms with Crippen LogP contribution in [0.3, 0.4) is 0 Å². The Morgan fingerprint density at radius 1 is 1.32 bits per heavy atom. The van der Waals surface area contributed by atoms with Crippen LogP contribution < -0.4 is 10.6 Å². The summed E-state index contributed by atoms with van der Waals surface area (Å²) in [6, 6.07) is 7.13. The number of hydrogen-bond donors (Lipinski definition) is 2. The first-order valence-electron chi connectivity index (χ1n) is 9.75. The molecule has 28 heavy (non-hydrogen) atoms. The van der Waals surface area contributed by atoms with Crippen molar-refractivity contribution in [1.29, 1.82) is 0 Å². The highest BCUT2D eigenvalue weighted by molar-refractivity contribution is 7.80. The molecule has 1 atom stereocenters. The van der Waals surface area contributed by atoms with Crippen LogP contribution in [0.15, 0.2) is 35.5 Å². The second kappa shape index (κ2) is 8.73. The number of amides is 1. The SMILES string of the molecule is CCOC(=O)C1=C(C)N(C)C(=S)N[C@@H]1c1cccc(NC(=O)C2CCCC2)c1. The Morgan fingerprint density at radius 2 is 2.04 bits per heavy atom. The number of thiocarbonyl (C=S) groups is 1. The largest absolute Gasteiger partial charge is 0.463 e. The van der Waals surface area contributed by atoms with Gasteiger partial charge >= 0.3 is 5.97 Å². The summed E-state index contributed by atoms with van der Waals surface area (Å²) in [5.74, 6) is -0.207. The van der Waals surface area contributed by atoms with E-state index in [9.17, 15) is 9.59 Å².